The molecule has 1 atom stereocenters. The molecule has 6 heteroatoms. The number of benzene rings is 2. The Morgan fingerprint density at radius 3 is 2.55 bits per heavy atom. The zero-order chi connectivity index (χ0) is 21.6. The number of carbonyl (C=O) groups excluding carboxylic acids is 2. The first-order chi connectivity index (χ1) is 15.2. The fourth-order valence-corrected chi connectivity index (χ4v) is 4.17. The molecule has 2 aromatic carbocycles. The third kappa shape index (κ3) is 4.91. The largest absolute Gasteiger partial charge is 0.346 e. The van der Waals surface area contributed by atoms with Crippen molar-refractivity contribution >= 4 is 28.4 Å². The van der Waals surface area contributed by atoms with Crippen LogP contribution in [0.15, 0.2) is 54.6 Å². The molecule has 0 radical (unpaired) electrons. The second-order valence-corrected chi connectivity index (χ2v) is 7.93. The Labute approximate surface area is 182 Å². The minimum absolute atomic E-state index is 0.0722. The molecule has 0 saturated heterocycles. The third-order valence-corrected chi connectivity index (χ3v) is 5.80. The van der Waals surface area contributed by atoms with Crippen LogP contribution in [0.25, 0.3) is 10.9 Å². The van der Waals surface area contributed by atoms with Crippen molar-refractivity contribution < 1.29 is 9.59 Å². The highest BCUT2D eigenvalue weighted by Gasteiger charge is 2.21. The molecule has 1 aromatic heterocycles. The molecule has 3 aromatic rings. The van der Waals surface area contributed by atoms with E-state index in [2.05, 4.69) is 16.0 Å². The van der Waals surface area contributed by atoms with Crippen molar-refractivity contribution in [1.82, 2.24) is 15.6 Å². The average molecular weight is 417 g/mol. The van der Waals surface area contributed by atoms with Gasteiger partial charge in [-0.3, -0.25) is 14.6 Å². The van der Waals surface area contributed by atoms with Gasteiger partial charge in [-0.25, -0.2) is 0 Å². The van der Waals surface area contributed by atoms with Gasteiger partial charge in [-0.05, 0) is 56.3 Å². The lowest BCUT2D eigenvalue weighted by atomic mass is 9.92. The summed E-state index contributed by atoms with van der Waals surface area (Å²) in [5.41, 5.74) is 5.00. The Bertz CT molecular complexity index is 1080. The third-order valence-electron chi connectivity index (χ3n) is 5.80. The zero-order valence-corrected chi connectivity index (χ0v) is 17.8. The number of nitrogens with zero attached hydrogens (tertiary/aromatic N) is 1. The number of para-hydroxylation sites is 1. The lowest BCUT2D eigenvalue weighted by Gasteiger charge is -2.21. The topological polar surface area (TPSA) is 83.1 Å². The van der Waals surface area contributed by atoms with Gasteiger partial charge in [0.2, 0.25) is 11.8 Å². The summed E-state index contributed by atoms with van der Waals surface area (Å²) in [7, 11) is 1.75. The fourth-order valence-electron chi connectivity index (χ4n) is 4.17. The molecule has 1 heterocycles. The summed E-state index contributed by atoms with van der Waals surface area (Å²) >= 11 is 0. The Balaban J connectivity index is 1.44. The van der Waals surface area contributed by atoms with Crippen LogP contribution in [0, 0.1) is 0 Å². The highest BCUT2D eigenvalue weighted by Crippen LogP contribution is 2.33. The summed E-state index contributed by atoms with van der Waals surface area (Å²) in [6.45, 7) is -0.0722. The smallest absolute Gasteiger partial charge is 0.243 e. The summed E-state index contributed by atoms with van der Waals surface area (Å²) in [5.74, 6) is -0.421. The monoisotopic (exact) mass is 416 g/mol. The minimum atomic E-state index is -0.398. The predicted molar refractivity (Wildman–Crippen MR) is 123 cm³/mol. The molecular formula is C25H28N4O2. The molecule has 1 unspecified atom stereocenters. The highest BCUT2D eigenvalue weighted by atomic mass is 16.2. The van der Waals surface area contributed by atoms with Crippen molar-refractivity contribution in [2.24, 2.45) is 0 Å². The molecule has 0 saturated carbocycles. The summed E-state index contributed by atoms with van der Waals surface area (Å²) in [6, 6.07) is 17.3. The van der Waals surface area contributed by atoms with Gasteiger partial charge in [0.15, 0.2) is 0 Å². The van der Waals surface area contributed by atoms with E-state index in [0.717, 1.165) is 59.1 Å². The Morgan fingerprint density at radius 1 is 1.00 bits per heavy atom. The Kier molecular flexibility index (Phi) is 6.57. The van der Waals surface area contributed by atoms with Gasteiger partial charge in [-0.15, -0.1) is 0 Å². The van der Waals surface area contributed by atoms with E-state index in [-0.39, 0.29) is 18.4 Å². The van der Waals surface area contributed by atoms with Crippen LogP contribution in [0.2, 0.25) is 0 Å². The molecule has 1 aliphatic rings. The van der Waals surface area contributed by atoms with Gasteiger partial charge in [0.05, 0.1) is 23.8 Å². The van der Waals surface area contributed by atoms with Crippen molar-refractivity contribution in [1.29, 1.82) is 0 Å². The van der Waals surface area contributed by atoms with E-state index in [1.54, 1.807) is 7.05 Å². The van der Waals surface area contributed by atoms with Crippen LogP contribution in [-0.4, -0.2) is 36.4 Å². The van der Waals surface area contributed by atoms with E-state index >= 15 is 0 Å². The van der Waals surface area contributed by atoms with Crippen molar-refractivity contribution in [3.05, 3.63) is 71.4 Å². The summed E-state index contributed by atoms with van der Waals surface area (Å²) in [6.07, 6.45) is 4.62. The van der Waals surface area contributed by atoms with Crippen molar-refractivity contribution in [3.63, 3.8) is 0 Å². The van der Waals surface area contributed by atoms with Gasteiger partial charge in [-0.1, -0.05) is 48.5 Å². The number of pyridine rings is 1. The van der Waals surface area contributed by atoms with Crippen molar-refractivity contribution in [2.45, 2.75) is 38.1 Å². The fraction of sp³-hybridized carbons (Fsp3) is 0.320. The molecule has 0 spiro atoms. The summed E-state index contributed by atoms with van der Waals surface area (Å²) < 4.78 is 0. The molecule has 3 N–H and O–H groups in total. The average Bonchev–Trinajstić information content (AvgIpc) is 2.81. The lowest BCUT2D eigenvalue weighted by Crippen LogP contribution is -2.46. The van der Waals surface area contributed by atoms with Gasteiger partial charge >= 0.3 is 0 Å². The zero-order valence-electron chi connectivity index (χ0n) is 17.8. The maximum absolute atomic E-state index is 12.7. The van der Waals surface area contributed by atoms with E-state index in [1.165, 1.54) is 0 Å². The molecule has 1 aliphatic carbocycles. The number of anilines is 1. The van der Waals surface area contributed by atoms with Crippen molar-refractivity contribution in [3.8, 4) is 0 Å². The number of aryl methyl sites for hydroxylation is 1. The molecule has 6 nitrogen and oxygen atoms in total. The maximum atomic E-state index is 12.7. The first-order valence-corrected chi connectivity index (χ1v) is 10.8. The Hall–Kier alpha value is -3.25. The molecule has 2 amide bonds. The van der Waals surface area contributed by atoms with Crippen LogP contribution in [-0.2, 0) is 28.9 Å². The van der Waals surface area contributed by atoms with Crippen LogP contribution in [0.5, 0.6) is 0 Å². The highest BCUT2D eigenvalue weighted by molar-refractivity contribution is 6.04. The predicted octanol–water partition coefficient (Wildman–Crippen LogP) is 3.00. The normalized spacial score (nSPS) is 14.0. The number of rotatable bonds is 7. The lowest BCUT2D eigenvalue weighted by molar-refractivity contribution is -0.125. The van der Waals surface area contributed by atoms with Gasteiger partial charge in [0.1, 0.15) is 0 Å². The Morgan fingerprint density at radius 2 is 1.74 bits per heavy atom. The van der Waals surface area contributed by atoms with E-state index in [9.17, 15) is 9.59 Å². The number of hydrogen-bond acceptors (Lipinski definition) is 4. The number of fused-ring (bicyclic) bond motifs is 2. The minimum Gasteiger partial charge on any atom is -0.346 e. The molecule has 4 rings (SSSR count). The first-order valence-electron chi connectivity index (χ1n) is 10.8. The summed E-state index contributed by atoms with van der Waals surface area (Å²) in [4.78, 5) is 30.2. The number of aromatic nitrogens is 1. The molecule has 0 aliphatic heterocycles. The number of nitrogens with one attached hydrogen (secondary N) is 3. The molecule has 0 fully saturated rings. The van der Waals surface area contributed by atoms with Crippen LogP contribution in [0.4, 0.5) is 5.69 Å². The quantitative estimate of drug-likeness (QED) is 0.553. The number of likely N-dealkylation sites (N-methyl/N-ethyl adjacent to an activating group) is 1. The number of amides is 2. The van der Waals surface area contributed by atoms with E-state index in [1.807, 2.05) is 54.6 Å². The molecule has 160 valence electrons. The SMILES string of the molecule is CNC(Cc1ccccc1)C(=O)NCC(=O)Nc1c2c(nc3ccccc13)CCCC2. The number of hydrogen-bond donors (Lipinski definition) is 3. The van der Waals surface area contributed by atoms with Crippen LogP contribution >= 0.6 is 0 Å². The van der Waals surface area contributed by atoms with E-state index in [4.69, 9.17) is 4.98 Å². The molecular weight excluding hydrogens is 388 g/mol. The van der Waals surface area contributed by atoms with Gasteiger partial charge < -0.3 is 16.0 Å². The van der Waals surface area contributed by atoms with Crippen molar-refractivity contribution in [2.75, 3.05) is 18.9 Å². The van der Waals surface area contributed by atoms with Crippen LogP contribution in [0.3, 0.4) is 0 Å². The number of carbonyl (C=O) groups is 2. The van der Waals surface area contributed by atoms with Crippen LogP contribution < -0.4 is 16.0 Å². The maximum Gasteiger partial charge on any atom is 0.243 e. The van der Waals surface area contributed by atoms with Gasteiger partial charge in [-0.2, -0.15) is 0 Å². The van der Waals surface area contributed by atoms with E-state index in [0.29, 0.717) is 6.42 Å². The van der Waals surface area contributed by atoms with Gasteiger partial charge in [0.25, 0.3) is 0 Å². The van der Waals surface area contributed by atoms with E-state index < -0.39 is 6.04 Å². The second-order valence-electron chi connectivity index (χ2n) is 7.93. The summed E-state index contributed by atoms with van der Waals surface area (Å²) in [5, 5.41) is 9.82. The first kappa shape index (κ1) is 21.0. The standard InChI is InChI=1S/C25H28N4O2/c1-26-22(15-17-9-3-2-4-10-17)25(31)27-16-23(30)29-24-18-11-5-7-13-20(18)28-21-14-8-6-12-19(21)24/h2-5,7,9-11,13,22,26H,6,8,12,14-16H2,1H3,(H,27,31)(H,28,29,30). The molecule has 0 bridgehead atoms. The second kappa shape index (κ2) is 9.71. The van der Waals surface area contributed by atoms with Crippen LogP contribution in [0.1, 0.15) is 29.7 Å². The van der Waals surface area contributed by atoms with Gasteiger partial charge in [0, 0.05) is 11.1 Å². The molecule has 31 heavy (non-hydrogen) atoms.